The molecule has 4 rings (SSSR count). The summed E-state index contributed by atoms with van der Waals surface area (Å²) in [6, 6.07) is 2.92. The molecular formula is C31H36O11. The molecule has 0 radical (unpaired) electrons. The lowest BCUT2D eigenvalue weighted by molar-refractivity contribution is -0.152. The molecule has 0 aromatic heterocycles. The van der Waals surface area contributed by atoms with Crippen molar-refractivity contribution >= 4 is 35.0 Å². The Morgan fingerprint density at radius 3 is 2.29 bits per heavy atom. The van der Waals surface area contributed by atoms with E-state index >= 15 is 0 Å². The summed E-state index contributed by atoms with van der Waals surface area (Å²) in [5.74, 6) is -8.50. The maximum atomic E-state index is 13.7. The summed E-state index contributed by atoms with van der Waals surface area (Å²) >= 11 is 0. The van der Waals surface area contributed by atoms with Crippen LogP contribution in [0.4, 0.5) is 0 Å². The molecule has 0 aliphatic heterocycles. The Labute approximate surface area is 242 Å². The summed E-state index contributed by atoms with van der Waals surface area (Å²) in [6.45, 7) is 6.37. The number of carbonyl (C=O) groups is 5. The first kappa shape index (κ1) is 31.0. The SMILES string of the molecule is CCOC(=O)C(C)CC(Cc1ccc(O)c2c1C[C@H]1C[C@H]3CC(=O)C(C(C)=O)=C(O)[C@]3(O)C(=O)C1=C2O)C(=O)OCC. The zero-order valence-electron chi connectivity index (χ0n) is 24.1. The Morgan fingerprint density at radius 2 is 1.67 bits per heavy atom. The van der Waals surface area contributed by atoms with Crippen LogP contribution in [-0.4, -0.2) is 68.5 Å². The maximum Gasteiger partial charge on any atom is 0.309 e. The van der Waals surface area contributed by atoms with E-state index in [1.165, 1.54) is 6.07 Å². The summed E-state index contributed by atoms with van der Waals surface area (Å²) in [5, 5.41) is 44.3. The molecule has 3 aliphatic rings. The number of fused-ring (bicyclic) bond motifs is 3. The third kappa shape index (κ3) is 5.10. The van der Waals surface area contributed by atoms with Crippen LogP contribution in [0.1, 0.15) is 63.6 Å². The van der Waals surface area contributed by atoms with Crippen LogP contribution in [0.15, 0.2) is 29.0 Å². The van der Waals surface area contributed by atoms with Gasteiger partial charge in [0.25, 0.3) is 0 Å². The number of benzene rings is 1. The van der Waals surface area contributed by atoms with Crippen LogP contribution in [0, 0.1) is 23.7 Å². The average Bonchev–Trinajstić information content (AvgIpc) is 2.91. The molecule has 11 nitrogen and oxygen atoms in total. The van der Waals surface area contributed by atoms with Crippen molar-refractivity contribution in [2.45, 2.75) is 65.4 Å². The van der Waals surface area contributed by atoms with Crippen LogP contribution in [-0.2, 0) is 46.3 Å². The molecule has 0 spiro atoms. The van der Waals surface area contributed by atoms with Crippen LogP contribution < -0.4 is 0 Å². The lowest BCUT2D eigenvalue weighted by atomic mass is 9.59. The molecule has 1 aromatic rings. The number of Topliss-reactive ketones (excluding diaryl/α,β-unsaturated/α-hetero) is 3. The summed E-state index contributed by atoms with van der Waals surface area (Å²) in [7, 11) is 0. The molecule has 11 heteroatoms. The number of hydrogen-bond acceptors (Lipinski definition) is 11. The molecule has 2 unspecified atom stereocenters. The number of ether oxygens (including phenoxy) is 2. The molecule has 3 aliphatic carbocycles. The largest absolute Gasteiger partial charge is 0.508 e. The van der Waals surface area contributed by atoms with Gasteiger partial charge in [-0.25, -0.2) is 0 Å². The molecule has 226 valence electrons. The molecule has 1 saturated carbocycles. The van der Waals surface area contributed by atoms with Crippen molar-refractivity contribution in [2.24, 2.45) is 23.7 Å². The summed E-state index contributed by atoms with van der Waals surface area (Å²) in [5.41, 5.74) is -2.41. The predicted molar refractivity (Wildman–Crippen MR) is 147 cm³/mol. The van der Waals surface area contributed by atoms with Crippen LogP contribution >= 0.6 is 0 Å². The van der Waals surface area contributed by atoms with E-state index < -0.39 is 75.7 Å². The highest BCUT2D eigenvalue weighted by atomic mass is 16.5. The number of hydrogen-bond donors (Lipinski definition) is 4. The van der Waals surface area contributed by atoms with Crippen molar-refractivity contribution in [3.63, 3.8) is 0 Å². The maximum absolute atomic E-state index is 13.7. The van der Waals surface area contributed by atoms with Gasteiger partial charge in [0.1, 0.15) is 22.8 Å². The van der Waals surface area contributed by atoms with Crippen LogP contribution in [0.25, 0.3) is 5.76 Å². The van der Waals surface area contributed by atoms with Crippen molar-refractivity contribution in [1.29, 1.82) is 0 Å². The molecular weight excluding hydrogens is 548 g/mol. The summed E-state index contributed by atoms with van der Waals surface area (Å²) in [4.78, 5) is 63.6. The Bertz CT molecular complexity index is 1420. The standard InChI is InChI=1S/C31H36O11/c1-5-41-29(38)14(3)9-18(30(39)42-6-2)10-16-7-8-21(33)25-20(16)12-17-11-19-13-22(34)23(15(4)32)27(36)31(19,40)28(37)24(17)26(25)35/h7-8,14,17-19,33,35-36,40H,5-6,9-13H2,1-4H3/t14?,17-,18?,19+,31+/m1/s1. The second-order valence-electron chi connectivity index (χ2n) is 11.2. The number of aliphatic hydroxyl groups excluding tert-OH is 2. The minimum atomic E-state index is -2.57. The smallest absolute Gasteiger partial charge is 0.309 e. The van der Waals surface area contributed by atoms with E-state index in [1.807, 2.05) is 0 Å². The molecule has 0 amide bonds. The number of carbonyl (C=O) groups excluding carboxylic acids is 5. The first-order valence-corrected chi connectivity index (χ1v) is 14.1. The fourth-order valence-corrected chi connectivity index (χ4v) is 6.58. The fourth-order valence-electron chi connectivity index (χ4n) is 6.58. The number of ketones is 3. The van der Waals surface area contributed by atoms with Crippen molar-refractivity contribution in [3.05, 3.63) is 45.7 Å². The summed E-state index contributed by atoms with van der Waals surface area (Å²) in [6.07, 6.45) is 0.0357. The number of phenolic OH excluding ortho intramolecular Hbond substituents is 1. The fraction of sp³-hybridized carbons (Fsp3) is 0.516. The second kappa shape index (κ2) is 11.7. The van der Waals surface area contributed by atoms with Gasteiger partial charge in [0, 0.05) is 17.9 Å². The zero-order valence-corrected chi connectivity index (χ0v) is 24.1. The number of aromatic hydroxyl groups is 1. The zero-order chi connectivity index (χ0) is 31.1. The first-order valence-electron chi connectivity index (χ1n) is 14.1. The van der Waals surface area contributed by atoms with Gasteiger partial charge in [-0.15, -0.1) is 0 Å². The van der Waals surface area contributed by atoms with E-state index in [2.05, 4.69) is 0 Å². The third-order valence-electron chi connectivity index (χ3n) is 8.56. The van der Waals surface area contributed by atoms with Crippen LogP contribution in [0.2, 0.25) is 0 Å². The van der Waals surface area contributed by atoms with Crippen molar-refractivity contribution in [1.82, 2.24) is 0 Å². The molecule has 5 atom stereocenters. The van der Waals surface area contributed by atoms with Gasteiger partial charge in [0.2, 0.25) is 5.78 Å². The quantitative estimate of drug-likeness (QED) is 0.247. The average molecular weight is 585 g/mol. The van der Waals surface area contributed by atoms with Crippen molar-refractivity contribution in [2.75, 3.05) is 13.2 Å². The minimum Gasteiger partial charge on any atom is -0.508 e. The van der Waals surface area contributed by atoms with Gasteiger partial charge in [-0.2, -0.15) is 0 Å². The van der Waals surface area contributed by atoms with Crippen molar-refractivity contribution < 1.29 is 53.9 Å². The number of phenols is 1. The monoisotopic (exact) mass is 584 g/mol. The molecule has 42 heavy (non-hydrogen) atoms. The molecule has 0 bridgehead atoms. The van der Waals surface area contributed by atoms with Gasteiger partial charge >= 0.3 is 11.9 Å². The number of allylic oxidation sites excluding steroid dienone is 1. The van der Waals surface area contributed by atoms with Gasteiger partial charge in [-0.3, -0.25) is 24.0 Å². The van der Waals surface area contributed by atoms with E-state index in [4.69, 9.17) is 9.47 Å². The molecule has 0 heterocycles. The molecule has 0 saturated heterocycles. The molecule has 1 aromatic carbocycles. The highest BCUT2D eigenvalue weighted by Crippen LogP contribution is 2.52. The van der Waals surface area contributed by atoms with Gasteiger partial charge in [-0.05, 0) is 69.6 Å². The Hall–Kier alpha value is -3.99. The van der Waals surface area contributed by atoms with E-state index in [-0.39, 0.29) is 62.2 Å². The third-order valence-corrected chi connectivity index (χ3v) is 8.56. The van der Waals surface area contributed by atoms with Crippen LogP contribution in [0.5, 0.6) is 5.75 Å². The molecule has 1 fully saturated rings. The van der Waals surface area contributed by atoms with Crippen molar-refractivity contribution in [3.8, 4) is 5.75 Å². The lowest BCUT2D eigenvalue weighted by Crippen LogP contribution is -2.57. The Morgan fingerprint density at radius 1 is 1.02 bits per heavy atom. The van der Waals surface area contributed by atoms with E-state index in [0.717, 1.165) is 6.92 Å². The van der Waals surface area contributed by atoms with E-state index in [9.17, 15) is 44.4 Å². The van der Waals surface area contributed by atoms with Gasteiger partial charge < -0.3 is 29.9 Å². The highest BCUT2D eigenvalue weighted by molar-refractivity contribution is 6.23. The highest BCUT2D eigenvalue weighted by Gasteiger charge is 2.60. The minimum absolute atomic E-state index is 0.0261. The Balaban J connectivity index is 1.77. The van der Waals surface area contributed by atoms with Gasteiger partial charge in [0.15, 0.2) is 17.2 Å². The van der Waals surface area contributed by atoms with Crippen LogP contribution in [0.3, 0.4) is 0 Å². The number of esters is 2. The molecule has 4 N–H and O–H groups in total. The van der Waals surface area contributed by atoms with E-state index in [0.29, 0.717) is 11.1 Å². The lowest BCUT2D eigenvalue weighted by Gasteiger charge is -2.46. The van der Waals surface area contributed by atoms with Gasteiger partial charge in [-0.1, -0.05) is 13.0 Å². The number of rotatable bonds is 9. The number of aliphatic hydroxyl groups is 3. The Kier molecular flexibility index (Phi) is 8.63. The predicted octanol–water partition coefficient (Wildman–Crippen LogP) is 2.84. The van der Waals surface area contributed by atoms with Gasteiger partial charge in [0.05, 0.1) is 30.6 Å². The topological polar surface area (TPSA) is 185 Å². The first-order chi connectivity index (χ1) is 19.8. The second-order valence-corrected chi connectivity index (χ2v) is 11.2. The summed E-state index contributed by atoms with van der Waals surface area (Å²) < 4.78 is 10.4. The normalized spacial score (nSPS) is 24.8. The van der Waals surface area contributed by atoms with E-state index in [1.54, 1.807) is 26.8 Å².